The van der Waals surface area contributed by atoms with E-state index in [9.17, 15) is 0 Å². The highest BCUT2D eigenvalue weighted by atomic mass is 15.1. The molecule has 1 heterocycles. The average molecular weight is 257 g/mol. The zero-order chi connectivity index (χ0) is 13.5. The molecule has 1 fully saturated rings. The highest BCUT2D eigenvalue weighted by molar-refractivity contribution is 5.77. The number of aromatic nitrogens is 2. The fraction of sp³-hybridized carbons (Fsp3) is 0.562. The normalized spacial score (nSPS) is 18.3. The van der Waals surface area contributed by atoms with E-state index in [1.165, 1.54) is 49.0 Å². The van der Waals surface area contributed by atoms with Gasteiger partial charge in [-0.2, -0.15) is 0 Å². The standard InChI is InChI=1S/C16H23N3/c1-3-16(8-4-5-9-16)15-18-13-7-6-12(11-17)10-14(13)19(15)2/h6-7,10H,3-5,8-9,11,17H2,1-2H3. The Bertz CT molecular complexity index is 591. The van der Waals surface area contributed by atoms with Gasteiger partial charge in [-0.25, -0.2) is 4.98 Å². The van der Waals surface area contributed by atoms with Crippen LogP contribution in [0.25, 0.3) is 11.0 Å². The third-order valence-electron chi connectivity index (χ3n) is 4.89. The van der Waals surface area contributed by atoms with Gasteiger partial charge in [0.05, 0.1) is 11.0 Å². The Kier molecular flexibility index (Phi) is 3.09. The van der Waals surface area contributed by atoms with Crippen LogP contribution < -0.4 is 5.73 Å². The molecule has 3 nitrogen and oxygen atoms in total. The summed E-state index contributed by atoms with van der Waals surface area (Å²) in [5, 5.41) is 0. The number of nitrogens with zero attached hydrogens (tertiary/aromatic N) is 2. The first-order valence-electron chi connectivity index (χ1n) is 7.36. The number of aryl methyl sites for hydroxylation is 1. The van der Waals surface area contributed by atoms with Crippen LogP contribution in [0.3, 0.4) is 0 Å². The molecule has 1 saturated carbocycles. The van der Waals surface area contributed by atoms with E-state index in [2.05, 4.69) is 36.7 Å². The number of nitrogens with two attached hydrogens (primary N) is 1. The first kappa shape index (κ1) is 12.7. The second-order valence-corrected chi connectivity index (χ2v) is 5.86. The molecular weight excluding hydrogens is 234 g/mol. The van der Waals surface area contributed by atoms with Gasteiger partial charge in [0.25, 0.3) is 0 Å². The number of hydrogen-bond acceptors (Lipinski definition) is 2. The van der Waals surface area contributed by atoms with Crippen molar-refractivity contribution >= 4 is 11.0 Å². The van der Waals surface area contributed by atoms with Gasteiger partial charge in [0.15, 0.2) is 0 Å². The lowest BCUT2D eigenvalue weighted by molar-refractivity contribution is 0.389. The molecule has 1 aromatic heterocycles. The molecule has 19 heavy (non-hydrogen) atoms. The molecule has 0 saturated heterocycles. The number of hydrogen-bond donors (Lipinski definition) is 1. The Labute approximate surface area is 114 Å². The fourth-order valence-corrected chi connectivity index (χ4v) is 3.62. The van der Waals surface area contributed by atoms with E-state index < -0.39 is 0 Å². The first-order valence-corrected chi connectivity index (χ1v) is 7.36. The van der Waals surface area contributed by atoms with E-state index in [1.54, 1.807) is 0 Å². The zero-order valence-electron chi connectivity index (χ0n) is 11.9. The molecule has 0 unspecified atom stereocenters. The molecular formula is C16H23N3. The summed E-state index contributed by atoms with van der Waals surface area (Å²) in [4.78, 5) is 4.93. The predicted octanol–water partition coefficient (Wildman–Crippen LogP) is 3.25. The van der Waals surface area contributed by atoms with Crippen molar-refractivity contribution in [2.45, 2.75) is 51.0 Å². The maximum atomic E-state index is 5.74. The van der Waals surface area contributed by atoms with Crippen molar-refractivity contribution in [3.63, 3.8) is 0 Å². The topological polar surface area (TPSA) is 43.8 Å². The van der Waals surface area contributed by atoms with E-state index in [0.717, 1.165) is 5.52 Å². The molecule has 1 aliphatic rings. The van der Waals surface area contributed by atoms with Crippen molar-refractivity contribution in [3.8, 4) is 0 Å². The third kappa shape index (κ3) is 1.88. The molecule has 1 aliphatic carbocycles. The van der Waals surface area contributed by atoms with Crippen LogP contribution in [0, 0.1) is 0 Å². The summed E-state index contributed by atoms with van der Waals surface area (Å²) in [6.07, 6.45) is 6.43. The molecule has 0 amide bonds. The van der Waals surface area contributed by atoms with Crippen LogP contribution in [0.2, 0.25) is 0 Å². The Morgan fingerprint density at radius 2 is 2.05 bits per heavy atom. The maximum absolute atomic E-state index is 5.74. The molecule has 3 rings (SSSR count). The lowest BCUT2D eigenvalue weighted by Crippen LogP contribution is -2.25. The van der Waals surface area contributed by atoms with E-state index in [0.29, 0.717) is 12.0 Å². The Morgan fingerprint density at radius 3 is 2.68 bits per heavy atom. The van der Waals surface area contributed by atoms with Gasteiger partial charge >= 0.3 is 0 Å². The van der Waals surface area contributed by atoms with E-state index in [4.69, 9.17) is 10.7 Å². The lowest BCUT2D eigenvalue weighted by atomic mass is 9.82. The van der Waals surface area contributed by atoms with Crippen molar-refractivity contribution in [3.05, 3.63) is 29.6 Å². The fourth-order valence-electron chi connectivity index (χ4n) is 3.62. The molecule has 0 atom stereocenters. The van der Waals surface area contributed by atoms with Crippen LogP contribution in [0.1, 0.15) is 50.4 Å². The van der Waals surface area contributed by atoms with Crippen LogP contribution >= 0.6 is 0 Å². The quantitative estimate of drug-likeness (QED) is 0.917. The van der Waals surface area contributed by atoms with E-state index in [-0.39, 0.29) is 0 Å². The molecule has 3 heteroatoms. The smallest absolute Gasteiger partial charge is 0.115 e. The van der Waals surface area contributed by atoms with Crippen LogP contribution in [0.4, 0.5) is 0 Å². The van der Waals surface area contributed by atoms with Crippen LogP contribution in [-0.4, -0.2) is 9.55 Å². The van der Waals surface area contributed by atoms with Crippen LogP contribution in [0.15, 0.2) is 18.2 Å². The second kappa shape index (κ2) is 4.64. The third-order valence-corrected chi connectivity index (χ3v) is 4.89. The number of benzene rings is 1. The number of rotatable bonds is 3. The van der Waals surface area contributed by atoms with Crippen LogP contribution in [0.5, 0.6) is 0 Å². The van der Waals surface area contributed by atoms with E-state index in [1.807, 2.05) is 0 Å². The average Bonchev–Trinajstić information content (AvgIpc) is 3.04. The summed E-state index contributed by atoms with van der Waals surface area (Å²) in [6.45, 7) is 2.89. The number of fused-ring (bicyclic) bond motifs is 1. The van der Waals surface area contributed by atoms with E-state index >= 15 is 0 Å². The van der Waals surface area contributed by atoms with Gasteiger partial charge in [-0.05, 0) is 37.0 Å². The van der Waals surface area contributed by atoms with Crippen molar-refractivity contribution in [1.82, 2.24) is 9.55 Å². The summed E-state index contributed by atoms with van der Waals surface area (Å²) >= 11 is 0. The lowest BCUT2D eigenvalue weighted by Gasteiger charge is -2.26. The minimum absolute atomic E-state index is 0.302. The zero-order valence-corrected chi connectivity index (χ0v) is 11.9. The highest BCUT2D eigenvalue weighted by Gasteiger charge is 2.37. The summed E-state index contributed by atoms with van der Waals surface area (Å²) < 4.78 is 2.29. The van der Waals surface area contributed by atoms with Crippen molar-refractivity contribution in [1.29, 1.82) is 0 Å². The van der Waals surface area contributed by atoms with Gasteiger partial charge < -0.3 is 10.3 Å². The second-order valence-electron chi connectivity index (χ2n) is 5.86. The molecule has 2 aromatic rings. The van der Waals surface area contributed by atoms with Crippen molar-refractivity contribution in [2.24, 2.45) is 12.8 Å². The van der Waals surface area contributed by atoms with Crippen molar-refractivity contribution < 1.29 is 0 Å². The monoisotopic (exact) mass is 257 g/mol. The Morgan fingerprint density at radius 1 is 1.32 bits per heavy atom. The van der Waals surface area contributed by atoms with Gasteiger partial charge in [0.1, 0.15) is 5.82 Å². The van der Waals surface area contributed by atoms with Gasteiger partial charge in [0.2, 0.25) is 0 Å². The molecule has 1 aromatic carbocycles. The summed E-state index contributed by atoms with van der Waals surface area (Å²) in [5.41, 5.74) is 9.55. The van der Waals surface area contributed by atoms with Gasteiger partial charge in [-0.1, -0.05) is 25.8 Å². The molecule has 2 N–H and O–H groups in total. The van der Waals surface area contributed by atoms with Crippen molar-refractivity contribution in [2.75, 3.05) is 0 Å². The minimum Gasteiger partial charge on any atom is -0.331 e. The highest BCUT2D eigenvalue weighted by Crippen LogP contribution is 2.43. The summed E-state index contributed by atoms with van der Waals surface area (Å²) in [5.74, 6) is 1.27. The molecule has 0 bridgehead atoms. The molecule has 0 aliphatic heterocycles. The van der Waals surface area contributed by atoms with Gasteiger partial charge in [0, 0.05) is 19.0 Å². The van der Waals surface area contributed by atoms with Crippen LogP contribution in [-0.2, 0) is 19.0 Å². The summed E-state index contributed by atoms with van der Waals surface area (Å²) in [7, 11) is 2.15. The predicted molar refractivity (Wildman–Crippen MR) is 79.0 cm³/mol. The molecule has 0 radical (unpaired) electrons. The minimum atomic E-state index is 0.302. The SMILES string of the molecule is CCC1(c2nc3ccc(CN)cc3n2C)CCCC1. The first-order chi connectivity index (χ1) is 9.20. The molecule has 0 spiro atoms. The Hall–Kier alpha value is -1.35. The molecule has 102 valence electrons. The van der Waals surface area contributed by atoms with Gasteiger partial charge in [-0.3, -0.25) is 0 Å². The van der Waals surface area contributed by atoms with Gasteiger partial charge in [-0.15, -0.1) is 0 Å². The summed E-state index contributed by atoms with van der Waals surface area (Å²) in [6, 6.07) is 6.38. The largest absolute Gasteiger partial charge is 0.331 e. The Balaban J connectivity index is 2.16. The maximum Gasteiger partial charge on any atom is 0.115 e. The number of imidazole rings is 1.